The maximum atomic E-state index is 14.3. The zero-order valence-corrected chi connectivity index (χ0v) is 24.4. The summed E-state index contributed by atoms with van der Waals surface area (Å²) in [6, 6.07) is 23.3. The van der Waals surface area contributed by atoms with E-state index in [4.69, 9.17) is 4.74 Å². The fourth-order valence-corrected chi connectivity index (χ4v) is 5.09. The molecule has 1 aliphatic carbocycles. The van der Waals surface area contributed by atoms with Crippen molar-refractivity contribution in [1.29, 1.82) is 0 Å². The Bertz CT molecular complexity index is 1200. The van der Waals surface area contributed by atoms with Crippen molar-refractivity contribution in [3.63, 3.8) is 0 Å². The zero-order chi connectivity index (χ0) is 27.2. The first-order chi connectivity index (χ1) is 18.2. The van der Waals surface area contributed by atoms with E-state index < -0.39 is 0 Å². The van der Waals surface area contributed by atoms with Crippen molar-refractivity contribution >= 4 is 17.3 Å². The van der Waals surface area contributed by atoms with E-state index >= 15 is 0 Å². The first-order valence-electron chi connectivity index (χ1n) is 13.8. The Labute approximate surface area is 234 Å². The molecule has 0 spiro atoms. The van der Waals surface area contributed by atoms with Gasteiger partial charge >= 0.3 is 0 Å². The normalized spacial score (nSPS) is 14.5. The van der Waals surface area contributed by atoms with Gasteiger partial charge in [-0.3, -0.25) is 4.79 Å². The van der Waals surface area contributed by atoms with E-state index in [1.165, 1.54) is 11.1 Å². The number of benzene rings is 3. The van der Waals surface area contributed by atoms with E-state index in [2.05, 4.69) is 84.3 Å². The Balaban J connectivity index is 0.00000420. The molecule has 1 atom stereocenters. The van der Waals surface area contributed by atoms with Gasteiger partial charge in [-0.1, -0.05) is 44.2 Å². The van der Waals surface area contributed by atoms with Gasteiger partial charge in [-0.25, -0.2) is 0 Å². The van der Waals surface area contributed by atoms with Crippen molar-refractivity contribution < 1.29 is 15.0 Å². The monoisotopic (exact) mass is 531 g/mol. The summed E-state index contributed by atoms with van der Waals surface area (Å²) in [5.74, 6) is 1.36. The molecule has 1 unspecified atom stereocenters. The predicted molar refractivity (Wildman–Crippen MR) is 162 cm³/mol. The molecule has 1 amide bonds. The summed E-state index contributed by atoms with van der Waals surface area (Å²) in [6.07, 6.45) is 2.86. The van der Waals surface area contributed by atoms with Crippen LogP contribution in [0, 0.1) is 0 Å². The smallest absolute Gasteiger partial charge is 0.234 e. The maximum Gasteiger partial charge on any atom is 0.234 e. The number of nitrogens with zero attached hydrogens (tertiary/aromatic N) is 3. The minimum Gasteiger partial charge on any atom is -0.492 e. The molecular formula is C33H45N3O3. The molecule has 210 valence electrons. The molecule has 0 saturated carbocycles. The minimum absolute atomic E-state index is 0. The Kier molecular flexibility index (Phi) is 10.6. The minimum atomic E-state index is -0.152. The number of amides is 1. The summed E-state index contributed by atoms with van der Waals surface area (Å²) in [5, 5.41) is 0. The molecule has 6 nitrogen and oxygen atoms in total. The van der Waals surface area contributed by atoms with Crippen LogP contribution in [0.3, 0.4) is 0 Å². The molecule has 2 N–H and O–H groups in total. The Morgan fingerprint density at radius 3 is 2.21 bits per heavy atom. The molecule has 3 aromatic rings. The zero-order valence-electron chi connectivity index (χ0n) is 24.4. The molecule has 0 heterocycles. The second kappa shape index (κ2) is 13.6. The van der Waals surface area contributed by atoms with E-state index in [0.29, 0.717) is 19.1 Å². The Hall–Kier alpha value is -3.35. The van der Waals surface area contributed by atoms with Crippen molar-refractivity contribution in [2.24, 2.45) is 0 Å². The van der Waals surface area contributed by atoms with Crippen LogP contribution in [0.15, 0.2) is 66.7 Å². The number of rotatable bonds is 10. The standard InChI is InChI=1S/C33H43N3O2.H2O/c1-24(2)26-12-16-29(17-13-26)36(23-25-10-14-28(15-11-25)35(5)6)33(37)32-9-7-8-27-22-30(18-19-31(27)32)38-21-20-34(3)4;/h10-19,22,24,32H,7-9,20-21,23H2,1-6H3;1H2. The lowest BCUT2D eigenvalue weighted by molar-refractivity contribution is -0.120. The van der Waals surface area contributed by atoms with Gasteiger partial charge in [0, 0.05) is 32.0 Å². The third kappa shape index (κ3) is 7.61. The SMILES string of the molecule is CC(C)c1ccc(N(Cc2ccc(N(C)C)cc2)C(=O)C2CCCc3cc(OCCN(C)C)ccc32)cc1.O. The van der Waals surface area contributed by atoms with E-state index in [0.717, 1.165) is 54.1 Å². The number of hydrogen-bond acceptors (Lipinski definition) is 4. The van der Waals surface area contributed by atoms with Crippen LogP contribution in [-0.4, -0.2) is 57.6 Å². The van der Waals surface area contributed by atoms with E-state index in [1.54, 1.807) is 0 Å². The number of carbonyl (C=O) groups excluding carboxylic acids is 1. The number of fused-ring (bicyclic) bond motifs is 1. The molecule has 3 aromatic carbocycles. The number of hydrogen-bond donors (Lipinski definition) is 0. The van der Waals surface area contributed by atoms with E-state index in [1.807, 2.05) is 39.2 Å². The quantitative estimate of drug-likeness (QED) is 0.339. The van der Waals surface area contributed by atoms with Crippen LogP contribution in [-0.2, 0) is 17.8 Å². The van der Waals surface area contributed by atoms with Gasteiger partial charge in [-0.2, -0.15) is 0 Å². The number of aryl methyl sites for hydroxylation is 1. The van der Waals surface area contributed by atoms with Crippen molar-refractivity contribution in [3.8, 4) is 5.75 Å². The Morgan fingerprint density at radius 2 is 1.59 bits per heavy atom. The van der Waals surface area contributed by atoms with Crippen molar-refractivity contribution in [2.45, 2.75) is 51.5 Å². The van der Waals surface area contributed by atoms with E-state index in [-0.39, 0.29) is 17.3 Å². The number of likely N-dealkylation sites (N-methyl/N-ethyl adjacent to an activating group) is 1. The van der Waals surface area contributed by atoms with Crippen LogP contribution in [0.4, 0.5) is 11.4 Å². The molecule has 0 saturated heterocycles. The summed E-state index contributed by atoms with van der Waals surface area (Å²) >= 11 is 0. The summed E-state index contributed by atoms with van der Waals surface area (Å²) in [7, 11) is 8.18. The molecule has 1 aliphatic rings. The molecule has 0 fully saturated rings. The van der Waals surface area contributed by atoms with Crippen LogP contribution in [0.25, 0.3) is 0 Å². The lowest BCUT2D eigenvalue weighted by Gasteiger charge is -2.31. The number of ether oxygens (including phenoxy) is 1. The molecule has 0 radical (unpaired) electrons. The molecule has 0 bridgehead atoms. The highest BCUT2D eigenvalue weighted by Gasteiger charge is 2.31. The van der Waals surface area contributed by atoms with Crippen LogP contribution in [0.2, 0.25) is 0 Å². The highest BCUT2D eigenvalue weighted by atomic mass is 16.5. The van der Waals surface area contributed by atoms with Crippen molar-refractivity contribution in [2.75, 3.05) is 51.1 Å². The second-order valence-corrected chi connectivity index (χ2v) is 11.2. The van der Waals surface area contributed by atoms with E-state index in [9.17, 15) is 4.79 Å². The number of carbonyl (C=O) groups is 1. The van der Waals surface area contributed by atoms with Crippen LogP contribution >= 0.6 is 0 Å². The molecule has 39 heavy (non-hydrogen) atoms. The van der Waals surface area contributed by atoms with Crippen molar-refractivity contribution in [3.05, 3.63) is 89.0 Å². The third-order valence-corrected chi connectivity index (χ3v) is 7.46. The summed E-state index contributed by atoms with van der Waals surface area (Å²) in [5.41, 5.74) is 6.89. The third-order valence-electron chi connectivity index (χ3n) is 7.46. The summed E-state index contributed by atoms with van der Waals surface area (Å²) in [4.78, 5) is 20.5. The van der Waals surface area contributed by atoms with Crippen molar-refractivity contribution in [1.82, 2.24) is 4.90 Å². The first kappa shape index (κ1) is 30.2. The largest absolute Gasteiger partial charge is 0.492 e. The summed E-state index contributed by atoms with van der Waals surface area (Å²) in [6.45, 7) is 6.47. The maximum absolute atomic E-state index is 14.3. The van der Waals surface area contributed by atoms with Gasteiger partial charge in [0.25, 0.3) is 0 Å². The fraction of sp³-hybridized carbons (Fsp3) is 0.424. The van der Waals surface area contributed by atoms with Gasteiger partial charge in [0.1, 0.15) is 12.4 Å². The average Bonchev–Trinajstić information content (AvgIpc) is 2.91. The molecule has 0 aliphatic heterocycles. The van der Waals surface area contributed by atoms with Gasteiger partial charge < -0.3 is 24.9 Å². The first-order valence-corrected chi connectivity index (χ1v) is 13.8. The molecule has 0 aromatic heterocycles. The van der Waals surface area contributed by atoms with Crippen LogP contribution < -0.4 is 14.5 Å². The Morgan fingerprint density at radius 1 is 0.923 bits per heavy atom. The van der Waals surface area contributed by atoms with Gasteiger partial charge in [0.05, 0.1) is 12.5 Å². The van der Waals surface area contributed by atoms with Gasteiger partial charge in [-0.05, 0) is 97.9 Å². The molecule has 6 heteroatoms. The van der Waals surface area contributed by atoms with Crippen LogP contribution in [0.5, 0.6) is 5.75 Å². The lowest BCUT2D eigenvalue weighted by Crippen LogP contribution is -2.36. The average molecular weight is 532 g/mol. The van der Waals surface area contributed by atoms with Gasteiger partial charge in [0.15, 0.2) is 0 Å². The molecular weight excluding hydrogens is 486 g/mol. The molecule has 4 rings (SSSR count). The second-order valence-electron chi connectivity index (χ2n) is 11.2. The van der Waals surface area contributed by atoms with Gasteiger partial charge in [-0.15, -0.1) is 0 Å². The number of anilines is 2. The predicted octanol–water partition coefficient (Wildman–Crippen LogP) is 5.65. The summed E-state index contributed by atoms with van der Waals surface area (Å²) < 4.78 is 5.99. The topological polar surface area (TPSA) is 67.5 Å². The lowest BCUT2D eigenvalue weighted by atomic mass is 9.81. The van der Waals surface area contributed by atoms with Crippen LogP contribution in [0.1, 0.15) is 60.8 Å². The fourth-order valence-electron chi connectivity index (χ4n) is 5.09. The highest BCUT2D eigenvalue weighted by Crippen LogP contribution is 2.37. The highest BCUT2D eigenvalue weighted by molar-refractivity contribution is 5.98. The van der Waals surface area contributed by atoms with Gasteiger partial charge in [0.2, 0.25) is 5.91 Å².